The van der Waals surface area contributed by atoms with Crippen molar-refractivity contribution in [2.75, 3.05) is 17.7 Å². The maximum Gasteiger partial charge on any atom is 0.296 e. The number of hydrogen-bond donors (Lipinski definition) is 1. The van der Waals surface area contributed by atoms with Crippen molar-refractivity contribution in [1.29, 1.82) is 0 Å². The van der Waals surface area contributed by atoms with Crippen molar-refractivity contribution in [3.8, 4) is 5.75 Å². The molecule has 3 aromatic carbocycles. The highest BCUT2D eigenvalue weighted by atomic mass is 32.2. The molecule has 1 N–H and O–H groups in total. The van der Waals surface area contributed by atoms with Gasteiger partial charge in [0.15, 0.2) is 0 Å². The zero-order valence-electron chi connectivity index (χ0n) is 14.7. The Labute approximate surface area is 160 Å². The van der Waals surface area contributed by atoms with Crippen molar-refractivity contribution in [3.63, 3.8) is 0 Å². The maximum absolute atomic E-state index is 12.2. The topological polar surface area (TPSA) is 81.5 Å². The summed E-state index contributed by atoms with van der Waals surface area (Å²) < 4.78 is 5.28. The summed E-state index contributed by atoms with van der Waals surface area (Å²) in [6, 6.07) is 18.4. The first-order valence-corrected chi connectivity index (χ1v) is 9.38. The fourth-order valence-corrected chi connectivity index (χ4v) is 3.36. The molecule has 0 atom stereocenters. The van der Waals surface area contributed by atoms with Crippen molar-refractivity contribution in [2.24, 2.45) is 0 Å². The van der Waals surface area contributed by atoms with E-state index >= 15 is 0 Å². The number of fused-ring (bicyclic) bond motifs is 1. The Hall–Kier alpha value is -3.06. The molecule has 0 saturated heterocycles. The third-order valence-corrected chi connectivity index (χ3v) is 4.84. The van der Waals surface area contributed by atoms with E-state index in [1.165, 1.54) is 23.9 Å². The number of hydrogen-bond acceptors (Lipinski definition) is 5. The van der Waals surface area contributed by atoms with Gasteiger partial charge in [0, 0.05) is 4.90 Å². The first kappa shape index (κ1) is 18.7. The first-order valence-electron chi connectivity index (χ1n) is 8.39. The van der Waals surface area contributed by atoms with Crippen LogP contribution in [0, 0.1) is 10.1 Å². The Morgan fingerprint density at radius 1 is 1.11 bits per heavy atom. The number of thioether (sulfide) groups is 1. The summed E-state index contributed by atoms with van der Waals surface area (Å²) in [6.45, 7) is 2.21. The van der Waals surface area contributed by atoms with Crippen LogP contribution in [0.15, 0.2) is 65.6 Å². The molecule has 1 amide bonds. The second kappa shape index (κ2) is 8.55. The first-order chi connectivity index (χ1) is 13.1. The van der Waals surface area contributed by atoms with E-state index in [1.54, 1.807) is 13.0 Å². The Balaban J connectivity index is 1.67. The lowest BCUT2D eigenvalue weighted by molar-refractivity contribution is -0.384. The van der Waals surface area contributed by atoms with Crippen molar-refractivity contribution in [1.82, 2.24) is 0 Å². The molecule has 0 bridgehead atoms. The minimum absolute atomic E-state index is 0.155. The Kier molecular flexibility index (Phi) is 5.93. The van der Waals surface area contributed by atoms with Crippen LogP contribution in [0.4, 0.5) is 11.4 Å². The average molecular weight is 382 g/mol. The number of benzene rings is 3. The molecule has 0 aromatic heterocycles. The van der Waals surface area contributed by atoms with Gasteiger partial charge in [-0.1, -0.05) is 30.3 Å². The van der Waals surface area contributed by atoms with Crippen LogP contribution in [-0.2, 0) is 4.79 Å². The highest BCUT2D eigenvalue weighted by Gasteiger charge is 2.17. The predicted molar refractivity (Wildman–Crippen MR) is 108 cm³/mol. The summed E-state index contributed by atoms with van der Waals surface area (Å²) in [4.78, 5) is 23.9. The van der Waals surface area contributed by atoms with E-state index in [9.17, 15) is 14.9 Å². The predicted octanol–water partition coefficient (Wildman–Crippen LogP) is 4.88. The molecule has 0 unspecified atom stereocenters. The molecule has 27 heavy (non-hydrogen) atoms. The van der Waals surface area contributed by atoms with Crippen LogP contribution in [0.1, 0.15) is 6.92 Å². The molecule has 7 heteroatoms. The average Bonchev–Trinajstić information content (AvgIpc) is 2.67. The second-order valence-corrected chi connectivity index (χ2v) is 6.76. The third kappa shape index (κ3) is 4.77. The van der Waals surface area contributed by atoms with Crippen LogP contribution in [0.5, 0.6) is 5.75 Å². The number of anilines is 1. The van der Waals surface area contributed by atoms with E-state index < -0.39 is 4.92 Å². The Morgan fingerprint density at radius 2 is 1.89 bits per heavy atom. The number of nitro benzene ring substituents is 1. The van der Waals surface area contributed by atoms with Gasteiger partial charge >= 0.3 is 0 Å². The smallest absolute Gasteiger partial charge is 0.296 e. The number of rotatable bonds is 7. The minimum atomic E-state index is -0.533. The van der Waals surface area contributed by atoms with E-state index in [2.05, 4.69) is 5.32 Å². The van der Waals surface area contributed by atoms with Gasteiger partial charge in [-0.2, -0.15) is 0 Å². The van der Waals surface area contributed by atoms with Crippen LogP contribution < -0.4 is 10.1 Å². The highest BCUT2D eigenvalue weighted by Crippen LogP contribution is 2.30. The summed E-state index contributed by atoms with van der Waals surface area (Å²) in [5, 5.41) is 16.1. The van der Waals surface area contributed by atoms with Gasteiger partial charge in [-0.15, -0.1) is 11.8 Å². The number of nitrogens with one attached hydrogen (secondary N) is 1. The van der Waals surface area contributed by atoms with Gasteiger partial charge in [-0.3, -0.25) is 14.9 Å². The van der Waals surface area contributed by atoms with Gasteiger partial charge in [0.05, 0.1) is 23.3 Å². The van der Waals surface area contributed by atoms with Crippen LogP contribution in [-0.4, -0.2) is 23.2 Å². The zero-order chi connectivity index (χ0) is 19.2. The van der Waals surface area contributed by atoms with Crippen molar-refractivity contribution in [2.45, 2.75) is 11.8 Å². The van der Waals surface area contributed by atoms with Crippen LogP contribution >= 0.6 is 11.8 Å². The van der Waals surface area contributed by atoms with Gasteiger partial charge in [0.1, 0.15) is 11.4 Å². The number of nitro groups is 1. The molecule has 6 nitrogen and oxygen atoms in total. The fourth-order valence-electron chi connectivity index (χ4n) is 2.62. The van der Waals surface area contributed by atoms with Gasteiger partial charge in [0.25, 0.3) is 5.69 Å². The summed E-state index contributed by atoms with van der Waals surface area (Å²) in [5.41, 5.74) is -0.0300. The fraction of sp³-hybridized carbons (Fsp3) is 0.150. The lowest BCUT2D eigenvalue weighted by Gasteiger charge is -2.08. The number of ether oxygens (including phenoxy) is 1. The number of carbonyl (C=O) groups is 1. The molecule has 0 aliphatic heterocycles. The number of carbonyl (C=O) groups excluding carboxylic acids is 1. The molecule has 0 spiro atoms. The normalized spacial score (nSPS) is 10.6. The molecule has 0 aliphatic carbocycles. The molecule has 0 heterocycles. The lowest BCUT2D eigenvalue weighted by atomic mass is 10.1. The van der Waals surface area contributed by atoms with Crippen LogP contribution in [0.2, 0.25) is 0 Å². The lowest BCUT2D eigenvalue weighted by Crippen LogP contribution is -2.15. The quantitative estimate of drug-likeness (QED) is 0.358. The van der Waals surface area contributed by atoms with E-state index in [4.69, 9.17) is 4.74 Å². The van der Waals surface area contributed by atoms with E-state index in [0.717, 1.165) is 15.7 Å². The number of amides is 1. The van der Waals surface area contributed by atoms with Gasteiger partial charge < -0.3 is 10.1 Å². The Bertz CT molecular complexity index is 991. The molecular formula is C20H18N2O4S. The maximum atomic E-state index is 12.2. The Morgan fingerprint density at radius 3 is 2.63 bits per heavy atom. The number of nitrogens with zero attached hydrogens (tertiary/aromatic N) is 1. The third-order valence-electron chi connectivity index (χ3n) is 3.84. The van der Waals surface area contributed by atoms with E-state index in [1.807, 2.05) is 42.5 Å². The highest BCUT2D eigenvalue weighted by molar-refractivity contribution is 8.00. The summed E-state index contributed by atoms with van der Waals surface area (Å²) >= 11 is 1.38. The van der Waals surface area contributed by atoms with Crippen LogP contribution in [0.25, 0.3) is 10.8 Å². The van der Waals surface area contributed by atoms with Gasteiger partial charge in [-0.05, 0) is 42.0 Å². The van der Waals surface area contributed by atoms with Crippen molar-refractivity contribution in [3.05, 3.63) is 70.8 Å². The molecule has 0 radical (unpaired) electrons. The molecule has 0 saturated carbocycles. The molecule has 0 fully saturated rings. The van der Waals surface area contributed by atoms with Crippen molar-refractivity contribution < 1.29 is 14.5 Å². The molecular weight excluding hydrogens is 364 g/mol. The standard InChI is InChI=1S/C20H18N2O4S/c1-2-26-16-8-10-18(19(12-16)22(24)25)21-20(23)13-27-17-9-7-14-5-3-4-6-15(14)11-17/h3-12H,2,13H2,1H3,(H,21,23). The summed E-state index contributed by atoms with van der Waals surface area (Å²) in [7, 11) is 0. The van der Waals surface area contributed by atoms with Gasteiger partial charge in [-0.25, -0.2) is 0 Å². The monoisotopic (exact) mass is 382 g/mol. The molecule has 138 valence electrons. The SMILES string of the molecule is CCOc1ccc(NC(=O)CSc2ccc3ccccc3c2)c([N+](=O)[O-])c1. The van der Waals surface area contributed by atoms with Gasteiger partial charge in [0.2, 0.25) is 5.91 Å². The zero-order valence-corrected chi connectivity index (χ0v) is 15.5. The van der Waals surface area contributed by atoms with Crippen LogP contribution in [0.3, 0.4) is 0 Å². The van der Waals surface area contributed by atoms with E-state index in [-0.39, 0.29) is 23.0 Å². The van der Waals surface area contributed by atoms with Crippen molar-refractivity contribution >= 4 is 39.8 Å². The minimum Gasteiger partial charge on any atom is -0.494 e. The second-order valence-electron chi connectivity index (χ2n) is 5.71. The molecule has 3 rings (SSSR count). The summed E-state index contributed by atoms with van der Waals surface area (Å²) in [6.07, 6.45) is 0. The summed E-state index contributed by atoms with van der Waals surface area (Å²) in [5.74, 6) is 0.246. The molecule has 3 aromatic rings. The van der Waals surface area contributed by atoms with E-state index in [0.29, 0.717) is 12.4 Å². The largest absolute Gasteiger partial charge is 0.494 e. The molecule has 0 aliphatic rings.